The molecule has 2 fully saturated rings. The number of imidazole rings is 2. The predicted octanol–water partition coefficient (Wildman–Crippen LogP) is 10.1. The molecule has 2 saturated heterocycles. The van der Waals surface area contributed by atoms with Crippen molar-refractivity contribution in [2.75, 3.05) is 71.6 Å². The molecule has 0 bridgehead atoms. The van der Waals surface area contributed by atoms with Gasteiger partial charge in [0.2, 0.25) is 23.5 Å². The lowest BCUT2D eigenvalue weighted by Gasteiger charge is -2.22. The first-order chi connectivity index (χ1) is 59.2. The molecule has 6 aliphatic rings. The minimum atomic E-state index is -1.00. The average Bonchev–Trinajstić information content (AvgIpc) is 1.61. The summed E-state index contributed by atoms with van der Waals surface area (Å²) >= 11 is 2.47. The number of carboxylic acid groups (broad SMARTS) is 1. The van der Waals surface area contributed by atoms with Gasteiger partial charge in [0.15, 0.2) is 34.6 Å². The Bertz CT molecular complexity index is 6010. The SMILES string of the molecule is C.COc1cc2c(cc1OCCCC(=O)Nc1cn(C)c(C(=O)Nc3ccc4sc(C(=O)NCCC(=O)O)cc4c3)n1)N=C[C@@H]1Cc3ccccc3N1C2=O.COc1cc2c(cc1OCCCC(=O)Nc1cn(C)c(C(=O)Nc3ccc4sc(C(=O)NCCC(=O)ON5C(=O)CCC5=O)cc4c3)n1)N=C[C@@H]1Cc3ccccc3N1C2=O.O=C1CCC(=O)N1O. The van der Waals surface area contributed by atoms with Crippen LogP contribution in [-0.2, 0) is 70.1 Å². The number of ether oxygens (including phenoxy) is 4. The lowest BCUT2D eigenvalue weighted by molar-refractivity contribution is -0.197. The second-order valence-electron chi connectivity index (χ2n) is 28.6. The normalized spacial score (nSPS) is 15.0. The number of hydroxylamine groups is 4. The van der Waals surface area contributed by atoms with Crippen molar-refractivity contribution in [3.8, 4) is 23.0 Å². The molecule has 10 heterocycles. The molecule has 0 radical (unpaired) electrons. The summed E-state index contributed by atoms with van der Waals surface area (Å²) in [4.78, 5) is 198. The number of hydrogen-bond donors (Lipinski definition) is 8. The van der Waals surface area contributed by atoms with Crippen molar-refractivity contribution < 1.29 is 101 Å². The van der Waals surface area contributed by atoms with Crippen LogP contribution < -0.4 is 60.6 Å². The second kappa shape index (κ2) is 38.3. The number of thiophene rings is 2. The monoisotopic (exact) mass is 1730 g/mol. The van der Waals surface area contributed by atoms with Gasteiger partial charge in [0.05, 0.1) is 84.6 Å². The van der Waals surface area contributed by atoms with Crippen LogP contribution in [0.15, 0.2) is 144 Å². The molecule has 4 aromatic heterocycles. The number of aromatic nitrogens is 4. The number of aliphatic imine (C=N–C) groups is 2. The second-order valence-corrected chi connectivity index (χ2v) is 30.7. The first kappa shape index (κ1) is 87.0. The number of methoxy groups -OCH3 is 2. The number of carboxylic acids is 1. The summed E-state index contributed by atoms with van der Waals surface area (Å²) < 4.78 is 27.7. The molecule has 8 N–H and O–H groups in total. The van der Waals surface area contributed by atoms with Crippen LogP contribution in [0, 0.1) is 0 Å². The number of anilines is 6. The number of carbonyl (C=O) groups is 14. The Morgan fingerprint density at radius 1 is 0.500 bits per heavy atom. The van der Waals surface area contributed by atoms with Gasteiger partial charge in [-0.3, -0.25) is 87.3 Å². The summed E-state index contributed by atoms with van der Waals surface area (Å²) in [5, 5.41) is 35.4. The van der Waals surface area contributed by atoms with Crippen LogP contribution in [0.4, 0.5) is 45.8 Å². The number of imide groups is 2. The predicted molar refractivity (Wildman–Crippen MR) is 455 cm³/mol. The summed E-state index contributed by atoms with van der Waals surface area (Å²) in [5.74, 6) is -4.78. The molecular formula is C85H82N16O21S2. The average molecular weight is 1730 g/mol. The highest BCUT2D eigenvalue weighted by Crippen LogP contribution is 2.44. The number of nitrogens with zero attached hydrogens (tertiary/aromatic N) is 10. The van der Waals surface area contributed by atoms with Crippen LogP contribution in [0.25, 0.3) is 20.2 Å². The third-order valence-corrected chi connectivity index (χ3v) is 22.3. The van der Waals surface area contributed by atoms with Gasteiger partial charge in [0, 0.05) is 148 Å². The van der Waals surface area contributed by atoms with E-state index in [0.29, 0.717) is 103 Å². The molecule has 6 aromatic carbocycles. The van der Waals surface area contributed by atoms with E-state index in [0.717, 1.165) is 37.3 Å². The number of aryl methyl sites for hydroxylation is 2. The van der Waals surface area contributed by atoms with E-state index in [-0.39, 0.29) is 155 Å². The number of aliphatic carboxylic acids is 1. The van der Waals surface area contributed by atoms with Gasteiger partial charge in [-0.05, 0) is 108 Å². The van der Waals surface area contributed by atoms with Crippen molar-refractivity contribution in [2.24, 2.45) is 24.1 Å². The van der Waals surface area contributed by atoms with Crippen molar-refractivity contribution in [3.05, 3.63) is 177 Å². The standard InChI is InChI=1S/C42H38N8O10S.C38H35N7O8S.C4H5NO3.CH4/c1-48-22-34(46-35(51)8-5-15-59-31-20-28-27(19-30(31)58-2)42(57)49-26(21-44-28)17-23-6-3-4-7-29(23)49)47-39(48)41(56)45-25-9-10-32-24(16-25)18-33(61-32)40(55)43-14-13-38(54)60-50-36(52)11-12-37(50)53;1-44-20-32(43-35(44)37(50)41-23-9-10-30-22(14-23)16-31(54-30)36(49)39-12-11-34(47)48)42-33(46)8-5-13-53-29-18-26-25(17-28(29)52-2)38(51)45-24(19-40-26)15-21-6-3-4-7-27(21)45;6-3-1-2-4(7)5(3)8;/h3-4,6-7,9-10,16,18-22,26H,5,8,11-15,17H2,1-2H3,(H,43,55)(H,45,56)(H,46,51);3-4,6-7,9-10,14,16-20,24H,5,8,11-13,15H2,1-2H3,(H,39,49)(H,41,50)(H,42,46)(H,47,48);8H,1-2H2;1H4/t26-;24-;;/m00../s1. The molecule has 0 aliphatic carbocycles. The Morgan fingerprint density at radius 3 is 1.35 bits per heavy atom. The minimum Gasteiger partial charge on any atom is -0.493 e. The van der Waals surface area contributed by atoms with E-state index in [1.807, 2.05) is 48.5 Å². The maximum atomic E-state index is 13.7. The molecule has 12 amide bonds. The molecule has 124 heavy (non-hydrogen) atoms. The summed E-state index contributed by atoms with van der Waals surface area (Å²) in [6.45, 7) is 0.297. The zero-order valence-corrected chi connectivity index (χ0v) is 67.9. The summed E-state index contributed by atoms with van der Waals surface area (Å²) in [7, 11) is 6.25. The van der Waals surface area contributed by atoms with E-state index in [4.69, 9.17) is 34.1 Å². The van der Waals surface area contributed by atoms with Gasteiger partial charge < -0.3 is 69.9 Å². The summed E-state index contributed by atoms with van der Waals surface area (Å²) in [5.41, 5.74) is 6.61. The molecule has 0 saturated carbocycles. The van der Waals surface area contributed by atoms with Gasteiger partial charge in [-0.2, -0.15) is 5.06 Å². The Morgan fingerprint density at radius 2 is 0.927 bits per heavy atom. The Kier molecular flexibility index (Phi) is 26.8. The molecule has 16 rings (SSSR count). The fourth-order valence-electron chi connectivity index (χ4n) is 14.0. The molecule has 640 valence electrons. The van der Waals surface area contributed by atoms with Crippen molar-refractivity contribution >= 4 is 184 Å². The number of hydrogen-bond acceptors (Lipinski definition) is 26. The lowest BCUT2D eigenvalue weighted by Crippen LogP contribution is -2.37. The third kappa shape index (κ3) is 19.8. The topological polar surface area (TPSA) is 471 Å². The van der Waals surface area contributed by atoms with Crippen LogP contribution in [0.2, 0.25) is 0 Å². The third-order valence-electron chi connectivity index (χ3n) is 20.0. The van der Waals surface area contributed by atoms with Crippen molar-refractivity contribution in [1.82, 2.24) is 39.9 Å². The zero-order chi connectivity index (χ0) is 86.9. The van der Waals surface area contributed by atoms with Crippen LogP contribution >= 0.6 is 22.7 Å². The highest BCUT2D eigenvalue weighted by atomic mass is 32.1. The number of fused-ring (bicyclic) bond motifs is 10. The first-order valence-corrected chi connectivity index (χ1v) is 40.2. The minimum absolute atomic E-state index is 0. The number of carbonyl (C=O) groups excluding carboxylic acids is 13. The highest BCUT2D eigenvalue weighted by Gasteiger charge is 2.39. The van der Waals surface area contributed by atoms with Crippen molar-refractivity contribution in [1.29, 1.82) is 0 Å². The molecule has 37 nitrogen and oxygen atoms in total. The van der Waals surface area contributed by atoms with Crippen LogP contribution in [-0.4, -0.2) is 187 Å². The van der Waals surface area contributed by atoms with Gasteiger partial charge in [0.25, 0.3) is 59.1 Å². The van der Waals surface area contributed by atoms with Gasteiger partial charge in [-0.1, -0.05) is 43.8 Å². The Hall–Kier alpha value is -14.9. The molecule has 39 heteroatoms. The van der Waals surface area contributed by atoms with Crippen molar-refractivity contribution in [3.63, 3.8) is 0 Å². The first-order valence-electron chi connectivity index (χ1n) is 38.6. The molecule has 0 unspecified atom stereocenters. The Balaban J connectivity index is 0.000000195. The summed E-state index contributed by atoms with van der Waals surface area (Å²) in [6, 6.07) is 35.5. The quantitative estimate of drug-likeness (QED) is 0.0135. The number of nitrogens with one attached hydrogen (secondary N) is 6. The van der Waals surface area contributed by atoms with Gasteiger partial charge in [-0.25, -0.2) is 14.8 Å². The molecular weight excluding hydrogens is 1650 g/mol. The zero-order valence-electron chi connectivity index (χ0n) is 66.3. The van der Waals surface area contributed by atoms with E-state index >= 15 is 0 Å². The van der Waals surface area contributed by atoms with Crippen LogP contribution in [0.5, 0.6) is 23.0 Å². The highest BCUT2D eigenvalue weighted by molar-refractivity contribution is 7.21. The van der Waals surface area contributed by atoms with Crippen LogP contribution in [0.3, 0.4) is 0 Å². The lowest BCUT2D eigenvalue weighted by atomic mass is 10.1. The van der Waals surface area contributed by atoms with E-state index in [1.165, 1.54) is 58.4 Å². The van der Waals surface area contributed by atoms with Gasteiger partial charge in [-0.15, -0.1) is 27.7 Å². The van der Waals surface area contributed by atoms with E-state index in [2.05, 4.69) is 51.9 Å². The number of para-hydroxylation sites is 2. The van der Waals surface area contributed by atoms with Crippen molar-refractivity contribution in [2.45, 2.75) is 96.6 Å². The largest absolute Gasteiger partial charge is 0.493 e. The number of benzene rings is 6. The molecule has 0 spiro atoms. The van der Waals surface area contributed by atoms with E-state index in [9.17, 15) is 67.1 Å². The van der Waals surface area contributed by atoms with Crippen LogP contribution in [0.1, 0.15) is 144 Å². The fourth-order valence-corrected chi connectivity index (χ4v) is 16.0. The van der Waals surface area contributed by atoms with E-state index in [1.54, 1.807) is 109 Å². The maximum Gasteiger partial charge on any atom is 0.334 e. The molecule has 2 atom stereocenters. The van der Waals surface area contributed by atoms with Gasteiger partial charge >= 0.3 is 11.9 Å². The van der Waals surface area contributed by atoms with Gasteiger partial charge in [0.1, 0.15) is 0 Å². The fraction of sp³-hybridized carbons (Fsp3) is 0.271. The smallest absolute Gasteiger partial charge is 0.334 e. The molecule has 6 aliphatic heterocycles. The Labute approximate surface area is 713 Å². The summed E-state index contributed by atoms with van der Waals surface area (Å²) in [6.07, 6.45) is 8.73. The maximum absolute atomic E-state index is 13.7. The molecule has 10 aromatic rings. The van der Waals surface area contributed by atoms with E-state index < -0.39 is 53.3 Å². The number of rotatable bonds is 27. The number of amides is 12.